The second kappa shape index (κ2) is 6.12. The summed E-state index contributed by atoms with van der Waals surface area (Å²) in [6, 6.07) is 4.43. The van der Waals surface area contributed by atoms with Crippen LogP contribution in [0.4, 0.5) is 4.39 Å². The van der Waals surface area contributed by atoms with Crippen LogP contribution in [0, 0.1) is 11.7 Å². The molecule has 19 heavy (non-hydrogen) atoms. The van der Waals surface area contributed by atoms with E-state index in [-0.39, 0.29) is 11.9 Å². The van der Waals surface area contributed by atoms with Gasteiger partial charge in [-0.1, -0.05) is 0 Å². The van der Waals surface area contributed by atoms with Gasteiger partial charge in [0.2, 0.25) is 5.91 Å². The molecule has 0 saturated carbocycles. The number of halogens is 1. The van der Waals surface area contributed by atoms with E-state index in [4.69, 9.17) is 10.5 Å². The summed E-state index contributed by atoms with van der Waals surface area (Å²) in [6.07, 6.45) is 1.03. The quantitative estimate of drug-likeness (QED) is 0.847. The molecule has 3 N–H and O–H groups in total. The van der Waals surface area contributed by atoms with Crippen molar-refractivity contribution in [1.82, 2.24) is 5.32 Å². The van der Waals surface area contributed by atoms with E-state index >= 15 is 0 Å². The van der Waals surface area contributed by atoms with Crippen molar-refractivity contribution in [3.05, 3.63) is 35.1 Å². The van der Waals surface area contributed by atoms with E-state index in [1.807, 2.05) is 0 Å². The largest absolute Gasteiger partial charge is 0.381 e. The maximum absolute atomic E-state index is 13.6. The summed E-state index contributed by atoms with van der Waals surface area (Å²) in [4.78, 5) is 11.1. The van der Waals surface area contributed by atoms with Crippen LogP contribution in [-0.2, 0) is 11.3 Å². The van der Waals surface area contributed by atoms with Gasteiger partial charge in [-0.3, -0.25) is 4.79 Å². The van der Waals surface area contributed by atoms with E-state index in [0.717, 1.165) is 19.6 Å². The summed E-state index contributed by atoms with van der Waals surface area (Å²) >= 11 is 0. The zero-order valence-electron chi connectivity index (χ0n) is 11.0. The number of amides is 1. The molecule has 0 aliphatic carbocycles. The van der Waals surface area contributed by atoms with E-state index in [1.54, 1.807) is 0 Å². The number of benzene rings is 1. The van der Waals surface area contributed by atoms with Gasteiger partial charge in [-0.2, -0.15) is 0 Å². The van der Waals surface area contributed by atoms with Crippen LogP contribution >= 0.6 is 0 Å². The first-order valence-corrected chi connectivity index (χ1v) is 6.47. The number of rotatable bonds is 5. The zero-order chi connectivity index (χ0) is 13.8. The molecular weight excluding hydrogens is 247 g/mol. The molecular formula is C14H19FN2O2. The molecule has 0 aromatic heterocycles. The fourth-order valence-electron chi connectivity index (χ4n) is 2.25. The molecule has 1 fully saturated rings. The number of carbonyl (C=O) groups is 1. The third kappa shape index (κ3) is 3.52. The van der Waals surface area contributed by atoms with Gasteiger partial charge in [0.05, 0.1) is 6.61 Å². The average molecular weight is 266 g/mol. The maximum Gasteiger partial charge on any atom is 0.248 e. The zero-order valence-corrected chi connectivity index (χ0v) is 11.0. The average Bonchev–Trinajstić information content (AvgIpc) is 2.91. The van der Waals surface area contributed by atoms with Gasteiger partial charge in [-0.25, -0.2) is 4.39 Å². The first kappa shape index (κ1) is 14.0. The molecule has 5 heteroatoms. The van der Waals surface area contributed by atoms with Crippen molar-refractivity contribution in [3.8, 4) is 0 Å². The summed E-state index contributed by atoms with van der Waals surface area (Å²) in [5, 5.41) is 3.28. The van der Waals surface area contributed by atoms with Crippen molar-refractivity contribution in [2.75, 3.05) is 13.2 Å². The van der Waals surface area contributed by atoms with E-state index in [0.29, 0.717) is 23.6 Å². The Morgan fingerprint density at radius 3 is 3.05 bits per heavy atom. The fraction of sp³-hybridized carbons (Fsp3) is 0.500. The number of nitrogens with two attached hydrogens (primary N) is 1. The first-order valence-electron chi connectivity index (χ1n) is 6.47. The molecule has 1 heterocycles. The van der Waals surface area contributed by atoms with Crippen molar-refractivity contribution in [3.63, 3.8) is 0 Å². The van der Waals surface area contributed by atoms with Crippen LogP contribution in [0.1, 0.15) is 29.3 Å². The predicted molar refractivity (Wildman–Crippen MR) is 70.1 cm³/mol. The van der Waals surface area contributed by atoms with Gasteiger partial charge < -0.3 is 15.8 Å². The third-order valence-corrected chi connectivity index (χ3v) is 3.62. The highest BCUT2D eigenvalue weighted by Crippen LogP contribution is 2.17. The molecule has 2 atom stereocenters. The van der Waals surface area contributed by atoms with Gasteiger partial charge in [-0.05, 0) is 37.5 Å². The van der Waals surface area contributed by atoms with Crippen LogP contribution in [0.25, 0.3) is 0 Å². The summed E-state index contributed by atoms with van der Waals surface area (Å²) in [5.74, 6) is -0.409. The second-order valence-electron chi connectivity index (χ2n) is 4.96. The molecule has 0 bridgehead atoms. The molecule has 2 rings (SSSR count). The number of nitrogens with one attached hydrogen (secondary N) is 1. The lowest BCUT2D eigenvalue weighted by molar-refractivity contribution is 0.1000. The summed E-state index contributed by atoms with van der Waals surface area (Å²) in [5.41, 5.74) is 5.98. The Kier molecular flexibility index (Phi) is 4.50. The van der Waals surface area contributed by atoms with Crippen LogP contribution in [0.2, 0.25) is 0 Å². The smallest absolute Gasteiger partial charge is 0.248 e. The van der Waals surface area contributed by atoms with E-state index in [1.165, 1.54) is 18.2 Å². The molecule has 4 nitrogen and oxygen atoms in total. The monoisotopic (exact) mass is 266 g/mol. The van der Waals surface area contributed by atoms with E-state index < -0.39 is 5.91 Å². The Balaban J connectivity index is 1.98. The topological polar surface area (TPSA) is 64.3 Å². The molecule has 1 aromatic carbocycles. The number of primary amides is 1. The Hall–Kier alpha value is -1.46. The Labute approximate surface area is 112 Å². The van der Waals surface area contributed by atoms with Crippen LogP contribution in [0.3, 0.4) is 0 Å². The molecule has 2 unspecified atom stereocenters. The van der Waals surface area contributed by atoms with Crippen LogP contribution in [-0.4, -0.2) is 25.2 Å². The SMILES string of the molecule is CC(NCc1cc(C(N)=O)ccc1F)C1CCOC1. The third-order valence-electron chi connectivity index (χ3n) is 3.62. The highest BCUT2D eigenvalue weighted by Gasteiger charge is 2.22. The summed E-state index contributed by atoms with van der Waals surface area (Å²) in [7, 11) is 0. The molecule has 1 aliphatic heterocycles. The number of carbonyl (C=O) groups excluding carboxylic acids is 1. The lowest BCUT2D eigenvalue weighted by Gasteiger charge is -2.19. The predicted octanol–water partition coefficient (Wildman–Crippen LogP) is 1.44. The standard InChI is InChI=1S/C14H19FN2O2/c1-9(11-4-5-19-8-11)17-7-12-6-10(14(16)18)2-3-13(12)15/h2-3,6,9,11,17H,4-5,7-8H2,1H3,(H2,16,18). The van der Waals surface area contributed by atoms with E-state index in [9.17, 15) is 9.18 Å². The van der Waals surface area contributed by atoms with Crippen LogP contribution in [0.5, 0.6) is 0 Å². The van der Waals surface area contributed by atoms with Crippen molar-refractivity contribution < 1.29 is 13.9 Å². The van der Waals surface area contributed by atoms with E-state index in [2.05, 4.69) is 12.2 Å². The Bertz CT molecular complexity index is 459. The molecule has 0 spiro atoms. The minimum Gasteiger partial charge on any atom is -0.381 e. The fourth-order valence-corrected chi connectivity index (χ4v) is 2.25. The van der Waals surface area contributed by atoms with Crippen molar-refractivity contribution in [1.29, 1.82) is 0 Å². The molecule has 1 saturated heterocycles. The molecule has 1 aromatic rings. The van der Waals surface area contributed by atoms with Crippen molar-refractivity contribution >= 4 is 5.91 Å². The first-order chi connectivity index (χ1) is 9.08. The molecule has 0 radical (unpaired) electrons. The number of ether oxygens (including phenoxy) is 1. The minimum atomic E-state index is -0.543. The molecule has 104 valence electrons. The van der Waals surface area contributed by atoms with Gasteiger partial charge >= 0.3 is 0 Å². The maximum atomic E-state index is 13.6. The van der Waals surface area contributed by atoms with Gasteiger partial charge in [0.1, 0.15) is 5.82 Å². The second-order valence-corrected chi connectivity index (χ2v) is 4.96. The van der Waals surface area contributed by atoms with Gasteiger partial charge in [0.15, 0.2) is 0 Å². The number of hydrogen-bond acceptors (Lipinski definition) is 3. The highest BCUT2D eigenvalue weighted by atomic mass is 19.1. The van der Waals surface area contributed by atoms with Crippen LogP contribution in [0.15, 0.2) is 18.2 Å². The Morgan fingerprint density at radius 1 is 1.63 bits per heavy atom. The van der Waals surface area contributed by atoms with Gasteiger partial charge in [0.25, 0.3) is 0 Å². The summed E-state index contributed by atoms with van der Waals surface area (Å²) in [6.45, 7) is 3.99. The van der Waals surface area contributed by atoms with Gasteiger partial charge in [-0.15, -0.1) is 0 Å². The van der Waals surface area contributed by atoms with Crippen LogP contribution < -0.4 is 11.1 Å². The van der Waals surface area contributed by atoms with Crippen molar-refractivity contribution in [2.45, 2.75) is 25.9 Å². The lowest BCUT2D eigenvalue weighted by Crippen LogP contribution is -2.33. The minimum absolute atomic E-state index is 0.249. The normalized spacial score (nSPS) is 20.4. The highest BCUT2D eigenvalue weighted by molar-refractivity contribution is 5.92. The summed E-state index contributed by atoms with van der Waals surface area (Å²) < 4.78 is 19.0. The number of hydrogen-bond donors (Lipinski definition) is 2. The Morgan fingerprint density at radius 2 is 2.42 bits per heavy atom. The van der Waals surface area contributed by atoms with Gasteiger partial charge in [0, 0.05) is 30.3 Å². The molecule has 1 aliphatic rings. The lowest BCUT2D eigenvalue weighted by atomic mass is 10.0. The molecule has 1 amide bonds. The van der Waals surface area contributed by atoms with Crippen molar-refractivity contribution in [2.24, 2.45) is 11.7 Å².